The first kappa shape index (κ1) is 15.3. The minimum Gasteiger partial charge on any atom is -0.497 e. The van der Waals surface area contributed by atoms with Crippen LogP contribution in [0.25, 0.3) is 0 Å². The summed E-state index contributed by atoms with van der Waals surface area (Å²) in [7, 11) is 1.62. The number of benzene rings is 1. The number of nitrogens with one attached hydrogen (secondary N) is 1. The maximum Gasteiger partial charge on any atom is 0.327 e. The fourth-order valence-corrected chi connectivity index (χ4v) is 2.50. The standard InChI is InChI=1S/C15H20BrNO3/c1-3-20-15(18)14(17-9-10-4-5-10)12-8-11(19-2)6-7-13(12)16/h6-8,10,14,17H,3-5,9H2,1-2H3. The summed E-state index contributed by atoms with van der Waals surface area (Å²) in [6, 6.07) is 5.15. The lowest BCUT2D eigenvalue weighted by Crippen LogP contribution is -2.32. The van der Waals surface area contributed by atoms with E-state index in [-0.39, 0.29) is 5.97 Å². The van der Waals surface area contributed by atoms with Gasteiger partial charge in [0.2, 0.25) is 0 Å². The lowest BCUT2D eigenvalue weighted by Gasteiger charge is -2.19. The molecule has 0 heterocycles. The van der Waals surface area contributed by atoms with Gasteiger partial charge >= 0.3 is 5.97 Å². The highest BCUT2D eigenvalue weighted by molar-refractivity contribution is 9.10. The van der Waals surface area contributed by atoms with E-state index in [0.29, 0.717) is 12.5 Å². The monoisotopic (exact) mass is 341 g/mol. The van der Waals surface area contributed by atoms with Crippen molar-refractivity contribution in [1.29, 1.82) is 0 Å². The van der Waals surface area contributed by atoms with Crippen molar-refractivity contribution in [3.05, 3.63) is 28.2 Å². The van der Waals surface area contributed by atoms with Gasteiger partial charge in [0.1, 0.15) is 11.8 Å². The van der Waals surface area contributed by atoms with Crippen LogP contribution in [0.15, 0.2) is 22.7 Å². The van der Waals surface area contributed by atoms with Crippen molar-refractivity contribution in [1.82, 2.24) is 5.32 Å². The molecule has 0 bridgehead atoms. The molecule has 0 saturated heterocycles. The summed E-state index contributed by atoms with van der Waals surface area (Å²) in [5.41, 5.74) is 0.850. The van der Waals surface area contributed by atoms with Gasteiger partial charge in [-0.05, 0) is 56.0 Å². The van der Waals surface area contributed by atoms with Crippen LogP contribution in [-0.4, -0.2) is 26.2 Å². The first-order valence-electron chi connectivity index (χ1n) is 6.89. The Morgan fingerprint density at radius 1 is 1.50 bits per heavy atom. The minimum absolute atomic E-state index is 0.248. The normalized spacial score (nSPS) is 15.8. The van der Waals surface area contributed by atoms with Crippen molar-refractivity contribution in [3.8, 4) is 5.75 Å². The van der Waals surface area contributed by atoms with E-state index in [0.717, 1.165) is 22.3 Å². The number of rotatable bonds is 7. The number of halogens is 1. The summed E-state index contributed by atoms with van der Waals surface area (Å²) in [4.78, 5) is 12.2. The van der Waals surface area contributed by atoms with Gasteiger partial charge < -0.3 is 14.8 Å². The Kier molecular flexibility index (Phi) is 5.43. The molecule has 0 aromatic heterocycles. The summed E-state index contributed by atoms with van der Waals surface area (Å²) in [5, 5.41) is 3.31. The molecule has 110 valence electrons. The van der Waals surface area contributed by atoms with Crippen LogP contribution in [0.2, 0.25) is 0 Å². The van der Waals surface area contributed by atoms with Crippen molar-refractivity contribution < 1.29 is 14.3 Å². The Morgan fingerprint density at radius 3 is 2.85 bits per heavy atom. The zero-order chi connectivity index (χ0) is 14.5. The second kappa shape index (κ2) is 7.09. The van der Waals surface area contributed by atoms with Crippen LogP contribution >= 0.6 is 15.9 Å². The molecule has 1 fully saturated rings. The van der Waals surface area contributed by atoms with E-state index in [1.165, 1.54) is 12.8 Å². The van der Waals surface area contributed by atoms with Crippen LogP contribution in [-0.2, 0) is 9.53 Å². The summed E-state index contributed by atoms with van der Waals surface area (Å²) < 4.78 is 11.3. The van der Waals surface area contributed by atoms with Crippen LogP contribution in [0.1, 0.15) is 31.4 Å². The molecule has 1 aliphatic carbocycles. The Morgan fingerprint density at radius 2 is 2.25 bits per heavy atom. The van der Waals surface area contributed by atoms with Crippen LogP contribution in [0.4, 0.5) is 0 Å². The Hall–Kier alpha value is -1.07. The Balaban J connectivity index is 2.20. The Labute approximate surface area is 128 Å². The predicted molar refractivity (Wildman–Crippen MR) is 80.8 cm³/mol. The van der Waals surface area contributed by atoms with Gasteiger partial charge in [-0.1, -0.05) is 15.9 Å². The summed E-state index contributed by atoms with van der Waals surface area (Å²) >= 11 is 3.50. The van der Waals surface area contributed by atoms with Crippen molar-refractivity contribution in [2.24, 2.45) is 5.92 Å². The van der Waals surface area contributed by atoms with Gasteiger partial charge in [-0.25, -0.2) is 4.79 Å². The molecule has 4 nitrogen and oxygen atoms in total. The fraction of sp³-hybridized carbons (Fsp3) is 0.533. The largest absolute Gasteiger partial charge is 0.497 e. The third-order valence-corrected chi connectivity index (χ3v) is 4.07. The number of methoxy groups -OCH3 is 1. The van der Waals surface area contributed by atoms with Gasteiger partial charge in [-0.2, -0.15) is 0 Å². The van der Waals surface area contributed by atoms with Gasteiger partial charge in [-0.3, -0.25) is 0 Å². The summed E-state index contributed by atoms with van der Waals surface area (Å²) in [6.45, 7) is 3.03. The van der Waals surface area contributed by atoms with E-state index in [9.17, 15) is 4.79 Å². The maximum atomic E-state index is 12.2. The summed E-state index contributed by atoms with van der Waals surface area (Å²) in [6.07, 6.45) is 2.48. The first-order chi connectivity index (χ1) is 9.65. The zero-order valence-electron chi connectivity index (χ0n) is 11.8. The van der Waals surface area contributed by atoms with E-state index >= 15 is 0 Å². The molecule has 5 heteroatoms. The molecule has 1 unspecified atom stereocenters. The van der Waals surface area contributed by atoms with Crippen molar-refractivity contribution in [2.75, 3.05) is 20.3 Å². The number of carbonyl (C=O) groups is 1. The number of hydrogen-bond donors (Lipinski definition) is 1. The molecule has 1 atom stereocenters. The van der Waals surface area contributed by atoms with E-state index < -0.39 is 6.04 Å². The van der Waals surface area contributed by atoms with Crippen molar-refractivity contribution >= 4 is 21.9 Å². The van der Waals surface area contributed by atoms with Crippen LogP contribution in [0.5, 0.6) is 5.75 Å². The highest BCUT2D eigenvalue weighted by Crippen LogP contribution is 2.31. The Bertz CT molecular complexity index is 474. The first-order valence-corrected chi connectivity index (χ1v) is 7.68. The van der Waals surface area contributed by atoms with E-state index in [4.69, 9.17) is 9.47 Å². The predicted octanol–water partition coefficient (Wildman–Crippen LogP) is 3.06. The number of carbonyl (C=O) groups excluding carboxylic acids is 1. The van der Waals surface area contributed by atoms with Crippen molar-refractivity contribution in [3.63, 3.8) is 0 Å². The van der Waals surface area contributed by atoms with E-state index in [2.05, 4.69) is 21.2 Å². The molecule has 0 amide bonds. The molecule has 0 aliphatic heterocycles. The number of ether oxygens (including phenoxy) is 2. The topological polar surface area (TPSA) is 47.6 Å². The second-order valence-electron chi connectivity index (χ2n) is 4.92. The molecular formula is C15H20BrNO3. The quantitative estimate of drug-likeness (QED) is 0.774. The second-order valence-corrected chi connectivity index (χ2v) is 5.78. The van der Waals surface area contributed by atoms with Gasteiger partial charge in [0.15, 0.2) is 0 Å². The van der Waals surface area contributed by atoms with Gasteiger partial charge in [0, 0.05) is 4.47 Å². The van der Waals surface area contributed by atoms with Gasteiger partial charge in [0.05, 0.1) is 13.7 Å². The third kappa shape index (κ3) is 3.96. The molecule has 20 heavy (non-hydrogen) atoms. The molecule has 2 rings (SSSR count). The van der Waals surface area contributed by atoms with Crippen LogP contribution < -0.4 is 10.1 Å². The van der Waals surface area contributed by atoms with E-state index in [1.807, 2.05) is 25.1 Å². The maximum absolute atomic E-state index is 12.2. The molecular weight excluding hydrogens is 322 g/mol. The molecule has 1 aliphatic rings. The SMILES string of the molecule is CCOC(=O)C(NCC1CC1)c1cc(OC)ccc1Br. The highest BCUT2D eigenvalue weighted by Gasteiger charge is 2.28. The zero-order valence-corrected chi connectivity index (χ0v) is 13.4. The smallest absolute Gasteiger partial charge is 0.327 e. The molecule has 1 saturated carbocycles. The summed E-state index contributed by atoms with van der Waals surface area (Å²) in [5.74, 6) is 1.17. The van der Waals surface area contributed by atoms with Gasteiger partial charge in [0.25, 0.3) is 0 Å². The molecule has 0 radical (unpaired) electrons. The molecule has 1 N–H and O–H groups in total. The van der Waals surface area contributed by atoms with Crippen LogP contribution in [0.3, 0.4) is 0 Å². The minimum atomic E-state index is -0.458. The third-order valence-electron chi connectivity index (χ3n) is 3.34. The molecule has 1 aromatic carbocycles. The highest BCUT2D eigenvalue weighted by atomic mass is 79.9. The average molecular weight is 342 g/mol. The average Bonchev–Trinajstić information content (AvgIpc) is 3.25. The van der Waals surface area contributed by atoms with E-state index in [1.54, 1.807) is 7.11 Å². The number of esters is 1. The molecule has 1 aromatic rings. The lowest BCUT2D eigenvalue weighted by atomic mass is 10.1. The van der Waals surface area contributed by atoms with Gasteiger partial charge in [-0.15, -0.1) is 0 Å². The fourth-order valence-electron chi connectivity index (χ4n) is 2.02. The number of hydrogen-bond acceptors (Lipinski definition) is 4. The molecule has 0 spiro atoms. The van der Waals surface area contributed by atoms with Crippen LogP contribution in [0, 0.1) is 5.92 Å². The lowest BCUT2D eigenvalue weighted by molar-refractivity contribution is -0.145. The van der Waals surface area contributed by atoms with Crippen molar-refractivity contribution in [2.45, 2.75) is 25.8 Å².